The number of carbonyl (C=O) groups is 2. The standard InChI is InChI=1S/C21H32N2O3/c1-4-12-22-21(25)17-10-13-23(14-11-17)20(24)15-26-19-9-7-6-8-18(19)16(3)5-2/h6-9,16-17H,4-5,10-15H2,1-3H3,(H,22,25). The van der Waals surface area contributed by atoms with Crippen LogP contribution in [0.25, 0.3) is 0 Å². The maximum atomic E-state index is 12.5. The Morgan fingerprint density at radius 3 is 2.58 bits per heavy atom. The maximum Gasteiger partial charge on any atom is 0.260 e. The average molecular weight is 360 g/mol. The summed E-state index contributed by atoms with van der Waals surface area (Å²) in [5, 5.41) is 2.95. The van der Waals surface area contributed by atoms with Gasteiger partial charge in [-0.1, -0.05) is 39.0 Å². The number of ether oxygens (including phenoxy) is 1. The zero-order chi connectivity index (χ0) is 18.9. The number of likely N-dealkylation sites (tertiary alicyclic amines) is 1. The Bertz CT molecular complexity index is 595. The van der Waals surface area contributed by atoms with Crippen molar-refractivity contribution in [1.29, 1.82) is 0 Å². The lowest BCUT2D eigenvalue weighted by Gasteiger charge is -2.31. The van der Waals surface area contributed by atoms with Crippen molar-refractivity contribution in [3.8, 4) is 5.75 Å². The van der Waals surface area contributed by atoms with Crippen molar-refractivity contribution < 1.29 is 14.3 Å². The van der Waals surface area contributed by atoms with E-state index in [4.69, 9.17) is 4.74 Å². The highest BCUT2D eigenvalue weighted by Crippen LogP contribution is 2.28. The minimum atomic E-state index is -0.00336. The minimum absolute atomic E-state index is 0.00336. The topological polar surface area (TPSA) is 58.6 Å². The Labute approximate surface area is 157 Å². The van der Waals surface area contributed by atoms with Crippen molar-refractivity contribution in [2.75, 3.05) is 26.2 Å². The molecule has 1 N–H and O–H groups in total. The highest BCUT2D eigenvalue weighted by molar-refractivity contribution is 5.80. The molecule has 1 fully saturated rings. The molecule has 1 saturated heterocycles. The van der Waals surface area contributed by atoms with Gasteiger partial charge in [-0.25, -0.2) is 0 Å². The van der Waals surface area contributed by atoms with Gasteiger partial charge in [0.2, 0.25) is 5.91 Å². The fourth-order valence-electron chi connectivity index (χ4n) is 3.25. The van der Waals surface area contributed by atoms with Crippen LogP contribution in [0.15, 0.2) is 24.3 Å². The molecule has 1 heterocycles. The van der Waals surface area contributed by atoms with Crippen molar-refractivity contribution in [2.24, 2.45) is 5.92 Å². The lowest BCUT2D eigenvalue weighted by atomic mass is 9.96. The van der Waals surface area contributed by atoms with Gasteiger partial charge in [0.1, 0.15) is 5.75 Å². The fourth-order valence-corrected chi connectivity index (χ4v) is 3.25. The summed E-state index contributed by atoms with van der Waals surface area (Å²) < 4.78 is 5.83. The molecule has 1 aromatic carbocycles. The lowest BCUT2D eigenvalue weighted by molar-refractivity contribution is -0.137. The van der Waals surface area contributed by atoms with Crippen LogP contribution in [0.5, 0.6) is 5.75 Å². The molecule has 0 saturated carbocycles. The van der Waals surface area contributed by atoms with Gasteiger partial charge in [0.05, 0.1) is 0 Å². The summed E-state index contributed by atoms with van der Waals surface area (Å²) in [7, 11) is 0. The summed E-state index contributed by atoms with van der Waals surface area (Å²) in [6.07, 6.45) is 3.43. The summed E-state index contributed by atoms with van der Waals surface area (Å²) in [4.78, 5) is 26.3. The molecule has 1 aliphatic heterocycles. The van der Waals surface area contributed by atoms with Gasteiger partial charge in [-0.05, 0) is 43.2 Å². The maximum absolute atomic E-state index is 12.5. The second kappa shape index (κ2) is 10.2. The quantitative estimate of drug-likeness (QED) is 0.773. The molecule has 0 aliphatic carbocycles. The predicted molar refractivity (Wildman–Crippen MR) is 103 cm³/mol. The number of amides is 2. The van der Waals surface area contributed by atoms with E-state index in [-0.39, 0.29) is 24.3 Å². The van der Waals surface area contributed by atoms with Crippen molar-refractivity contribution in [3.63, 3.8) is 0 Å². The van der Waals surface area contributed by atoms with Crippen LogP contribution < -0.4 is 10.1 Å². The summed E-state index contributed by atoms with van der Waals surface area (Å²) >= 11 is 0. The molecule has 2 rings (SSSR count). The summed E-state index contributed by atoms with van der Waals surface area (Å²) in [6.45, 7) is 8.38. The molecule has 5 heteroatoms. The first-order valence-corrected chi connectivity index (χ1v) is 9.84. The molecule has 1 aliphatic rings. The molecule has 1 atom stereocenters. The molecule has 2 amide bonds. The SMILES string of the molecule is CCCNC(=O)C1CCN(C(=O)COc2ccccc2C(C)CC)CC1. The summed E-state index contributed by atoms with van der Waals surface area (Å²) in [6, 6.07) is 7.93. The van der Waals surface area contributed by atoms with E-state index in [9.17, 15) is 9.59 Å². The van der Waals surface area contributed by atoms with Crippen LogP contribution in [0, 0.1) is 5.92 Å². The molecule has 144 valence electrons. The minimum Gasteiger partial charge on any atom is -0.483 e. The van der Waals surface area contributed by atoms with E-state index < -0.39 is 0 Å². The van der Waals surface area contributed by atoms with E-state index in [1.807, 2.05) is 30.0 Å². The molecule has 26 heavy (non-hydrogen) atoms. The van der Waals surface area contributed by atoms with E-state index >= 15 is 0 Å². The molecular formula is C21H32N2O3. The van der Waals surface area contributed by atoms with E-state index in [0.717, 1.165) is 43.5 Å². The fraction of sp³-hybridized carbons (Fsp3) is 0.619. The highest BCUT2D eigenvalue weighted by Gasteiger charge is 2.27. The average Bonchev–Trinajstić information content (AvgIpc) is 2.69. The Morgan fingerprint density at radius 2 is 1.92 bits per heavy atom. The Kier molecular flexibility index (Phi) is 7.95. The number of para-hydroxylation sites is 1. The van der Waals surface area contributed by atoms with Gasteiger partial charge >= 0.3 is 0 Å². The van der Waals surface area contributed by atoms with Gasteiger partial charge in [0, 0.05) is 25.6 Å². The predicted octanol–water partition coefficient (Wildman–Crippen LogP) is 3.34. The molecule has 0 aromatic heterocycles. The normalized spacial score (nSPS) is 16.2. The molecule has 5 nitrogen and oxygen atoms in total. The largest absolute Gasteiger partial charge is 0.483 e. The number of carbonyl (C=O) groups excluding carboxylic acids is 2. The van der Waals surface area contributed by atoms with Gasteiger partial charge in [-0.2, -0.15) is 0 Å². The number of piperidine rings is 1. The van der Waals surface area contributed by atoms with E-state index in [2.05, 4.69) is 25.2 Å². The number of nitrogens with one attached hydrogen (secondary N) is 1. The van der Waals surface area contributed by atoms with Crippen molar-refractivity contribution in [1.82, 2.24) is 10.2 Å². The van der Waals surface area contributed by atoms with Crippen molar-refractivity contribution in [3.05, 3.63) is 29.8 Å². The van der Waals surface area contributed by atoms with Crippen LogP contribution in [0.2, 0.25) is 0 Å². The van der Waals surface area contributed by atoms with Crippen molar-refractivity contribution >= 4 is 11.8 Å². The van der Waals surface area contributed by atoms with Crippen LogP contribution in [0.4, 0.5) is 0 Å². The molecule has 1 unspecified atom stereocenters. The number of hydrogen-bond donors (Lipinski definition) is 1. The first-order valence-electron chi connectivity index (χ1n) is 9.84. The first kappa shape index (κ1) is 20.3. The van der Waals surface area contributed by atoms with Crippen LogP contribution in [0.3, 0.4) is 0 Å². The summed E-state index contributed by atoms with van der Waals surface area (Å²) in [5.74, 6) is 1.34. The van der Waals surface area contributed by atoms with Crippen LogP contribution in [0.1, 0.15) is 57.9 Å². The van der Waals surface area contributed by atoms with Gasteiger partial charge < -0.3 is 15.0 Å². The monoisotopic (exact) mass is 360 g/mol. The Hall–Kier alpha value is -2.04. The van der Waals surface area contributed by atoms with E-state index in [1.165, 1.54) is 0 Å². The zero-order valence-electron chi connectivity index (χ0n) is 16.3. The third kappa shape index (κ3) is 5.48. The Balaban J connectivity index is 1.82. The van der Waals surface area contributed by atoms with Crippen LogP contribution in [-0.4, -0.2) is 43.0 Å². The van der Waals surface area contributed by atoms with Crippen molar-refractivity contribution in [2.45, 2.75) is 52.4 Å². The first-order chi connectivity index (χ1) is 12.6. The molecule has 0 radical (unpaired) electrons. The smallest absolute Gasteiger partial charge is 0.260 e. The number of benzene rings is 1. The third-order valence-corrected chi connectivity index (χ3v) is 5.18. The van der Waals surface area contributed by atoms with Crippen LogP contribution in [-0.2, 0) is 9.59 Å². The van der Waals surface area contributed by atoms with E-state index in [1.54, 1.807) is 0 Å². The highest BCUT2D eigenvalue weighted by atomic mass is 16.5. The number of hydrogen-bond acceptors (Lipinski definition) is 3. The number of rotatable bonds is 8. The molecule has 1 aromatic rings. The Morgan fingerprint density at radius 1 is 1.23 bits per heavy atom. The van der Waals surface area contributed by atoms with Gasteiger partial charge in [0.15, 0.2) is 6.61 Å². The molecular weight excluding hydrogens is 328 g/mol. The molecule has 0 spiro atoms. The third-order valence-electron chi connectivity index (χ3n) is 5.18. The lowest BCUT2D eigenvalue weighted by Crippen LogP contribution is -2.44. The number of nitrogens with zero attached hydrogens (tertiary/aromatic N) is 1. The second-order valence-corrected chi connectivity index (χ2v) is 7.08. The van der Waals surface area contributed by atoms with Gasteiger partial charge in [0.25, 0.3) is 5.91 Å². The van der Waals surface area contributed by atoms with Gasteiger partial charge in [-0.3, -0.25) is 9.59 Å². The summed E-state index contributed by atoms with van der Waals surface area (Å²) in [5.41, 5.74) is 1.15. The van der Waals surface area contributed by atoms with Crippen LogP contribution >= 0.6 is 0 Å². The second-order valence-electron chi connectivity index (χ2n) is 7.08. The zero-order valence-corrected chi connectivity index (χ0v) is 16.3. The molecule has 0 bridgehead atoms. The van der Waals surface area contributed by atoms with E-state index in [0.29, 0.717) is 19.0 Å². The van der Waals surface area contributed by atoms with Gasteiger partial charge in [-0.15, -0.1) is 0 Å².